The van der Waals surface area contributed by atoms with E-state index >= 15 is 0 Å². The third-order valence-corrected chi connectivity index (χ3v) is 3.63. The molecule has 0 saturated heterocycles. The highest BCUT2D eigenvalue weighted by Gasteiger charge is 2.52. The standard InChI is InChI=1S/C14H16N2O5/c15-9-3-1-8(2-4-9)14(5-6-14)13(21)16-10(12(19)20)7-11(17)18/h1-4,10H,5-7,15H2,(H,16,21)(H,17,18)(H,19,20). The van der Waals surface area contributed by atoms with E-state index in [0.717, 1.165) is 5.56 Å². The number of anilines is 1. The molecule has 5 N–H and O–H groups in total. The van der Waals surface area contributed by atoms with Crippen LogP contribution in [0.15, 0.2) is 24.3 Å². The monoisotopic (exact) mass is 292 g/mol. The lowest BCUT2D eigenvalue weighted by Crippen LogP contribution is -2.46. The van der Waals surface area contributed by atoms with E-state index in [4.69, 9.17) is 15.9 Å². The van der Waals surface area contributed by atoms with Gasteiger partial charge in [0.15, 0.2) is 0 Å². The first-order valence-electron chi connectivity index (χ1n) is 6.47. The van der Waals surface area contributed by atoms with Crippen molar-refractivity contribution in [2.45, 2.75) is 30.7 Å². The quantitative estimate of drug-likeness (QED) is 0.559. The van der Waals surface area contributed by atoms with Gasteiger partial charge < -0.3 is 21.3 Å². The Morgan fingerprint density at radius 2 is 1.76 bits per heavy atom. The molecule has 1 aromatic carbocycles. The van der Waals surface area contributed by atoms with Crippen molar-refractivity contribution in [1.82, 2.24) is 5.32 Å². The molecular formula is C14H16N2O5. The summed E-state index contributed by atoms with van der Waals surface area (Å²) in [6.07, 6.45) is 0.545. The highest BCUT2D eigenvalue weighted by Crippen LogP contribution is 2.48. The van der Waals surface area contributed by atoms with Crippen molar-refractivity contribution in [3.8, 4) is 0 Å². The minimum atomic E-state index is -1.43. The number of carboxylic acids is 2. The number of aliphatic carboxylic acids is 2. The van der Waals surface area contributed by atoms with Gasteiger partial charge in [-0.15, -0.1) is 0 Å². The van der Waals surface area contributed by atoms with E-state index < -0.39 is 35.7 Å². The second kappa shape index (κ2) is 5.43. The zero-order valence-electron chi connectivity index (χ0n) is 11.2. The zero-order chi connectivity index (χ0) is 15.6. The van der Waals surface area contributed by atoms with Crippen LogP contribution in [0, 0.1) is 0 Å². The van der Waals surface area contributed by atoms with Crippen LogP contribution in [0.3, 0.4) is 0 Å². The van der Waals surface area contributed by atoms with Gasteiger partial charge in [0.05, 0.1) is 11.8 Å². The lowest BCUT2D eigenvalue weighted by atomic mass is 9.94. The molecule has 1 saturated carbocycles. The minimum absolute atomic E-state index is 0.457. The van der Waals surface area contributed by atoms with Gasteiger partial charge in [-0.05, 0) is 30.5 Å². The SMILES string of the molecule is Nc1ccc(C2(C(=O)NC(CC(=O)O)C(=O)O)CC2)cc1. The van der Waals surface area contributed by atoms with Crippen molar-refractivity contribution in [3.05, 3.63) is 29.8 Å². The number of carboxylic acid groups (broad SMARTS) is 2. The van der Waals surface area contributed by atoms with Gasteiger partial charge in [-0.25, -0.2) is 4.79 Å². The number of nitrogens with one attached hydrogen (secondary N) is 1. The van der Waals surface area contributed by atoms with E-state index in [9.17, 15) is 14.4 Å². The maximum atomic E-state index is 12.3. The molecule has 1 aromatic rings. The lowest BCUT2D eigenvalue weighted by Gasteiger charge is -2.19. The fourth-order valence-corrected chi connectivity index (χ4v) is 2.25. The predicted octanol–water partition coefficient (Wildman–Crippen LogP) is 0.344. The van der Waals surface area contributed by atoms with Crippen molar-refractivity contribution in [2.75, 3.05) is 5.73 Å². The van der Waals surface area contributed by atoms with Crippen molar-refractivity contribution >= 4 is 23.5 Å². The van der Waals surface area contributed by atoms with Gasteiger partial charge in [0.2, 0.25) is 5.91 Å². The minimum Gasteiger partial charge on any atom is -0.481 e. The van der Waals surface area contributed by atoms with Gasteiger partial charge in [0.1, 0.15) is 6.04 Å². The fourth-order valence-electron chi connectivity index (χ4n) is 2.25. The Kier molecular flexibility index (Phi) is 3.84. The molecule has 7 nitrogen and oxygen atoms in total. The number of rotatable bonds is 6. The second-order valence-corrected chi connectivity index (χ2v) is 5.17. The average Bonchev–Trinajstić information content (AvgIpc) is 3.19. The Hall–Kier alpha value is -2.57. The second-order valence-electron chi connectivity index (χ2n) is 5.17. The molecule has 1 unspecified atom stereocenters. The number of nitrogens with two attached hydrogens (primary N) is 1. The summed E-state index contributed by atoms with van der Waals surface area (Å²) in [5, 5.41) is 20.0. The van der Waals surface area contributed by atoms with Gasteiger partial charge in [0, 0.05) is 5.69 Å². The molecule has 112 valence electrons. The molecule has 0 radical (unpaired) electrons. The van der Waals surface area contributed by atoms with Crippen molar-refractivity contribution < 1.29 is 24.6 Å². The number of nitrogen functional groups attached to an aromatic ring is 1. The third kappa shape index (κ3) is 3.13. The van der Waals surface area contributed by atoms with Gasteiger partial charge in [-0.2, -0.15) is 0 Å². The Balaban J connectivity index is 2.13. The maximum absolute atomic E-state index is 12.3. The van der Waals surface area contributed by atoms with Crippen LogP contribution in [-0.2, 0) is 19.8 Å². The molecule has 1 fully saturated rings. The van der Waals surface area contributed by atoms with Crippen LogP contribution in [0.2, 0.25) is 0 Å². The summed E-state index contributed by atoms with van der Waals surface area (Å²) in [7, 11) is 0. The first kappa shape index (κ1) is 14.8. The van der Waals surface area contributed by atoms with Crippen molar-refractivity contribution in [2.24, 2.45) is 0 Å². The summed E-state index contributed by atoms with van der Waals surface area (Å²) < 4.78 is 0. The number of hydrogen-bond acceptors (Lipinski definition) is 4. The van der Waals surface area contributed by atoms with Crippen LogP contribution in [0.25, 0.3) is 0 Å². The van der Waals surface area contributed by atoms with Crippen LogP contribution in [0.4, 0.5) is 5.69 Å². The molecule has 0 bridgehead atoms. The third-order valence-electron chi connectivity index (χ3n) is 3.63. The van der Waals surface area contributed by atoms with Gasteiger partial charge >= 0.3 is 11.9 Å². The zero-order valence-corrected chi connectivity index (χ0v) is 11.2. The number of amides is 1. The smallest absolute Gasteiger partial charge is 0.326 e. The largest absolute Gasteiger partial charge is 0.481 e. The van der Waals surface area contributed by atoms with E-state index in [1.807, 2.05) is 0 Å². The highest BCUT2D eigenvalue weighted by atomic mass is 16.4. The molecule has 1 amide bonds. The molecule has 7 heteroatoms. The number of carbonyl (C=O) groups excluding carboxylic acids is 1. The summed E-state index contributed by atoms with van der Waals surface area (Å²) in [5.41, 5.74) is 6.17. The van der Waals surface area contributed by atoms with E-state index in [0.29, 0.717) is 18.5 Å². The number of benzene rings is 1. The first-order valence-corrected chi connectivity index (χ1v) is 6.47. The summed E-state index contributed by atoms with van der Waals surface area (Å²) in [6, 6.07) is 5.38. The fraction of sp³-hybridized carbons (Fsp3) is 0.357. The molecule has 0 spiro atoms. The molecule has 1 atom stereocenters. The Bertz CT molecular complexity index is 578. The molecule has 21 heavy (non-hydrogen) atoms. The number of hydrogen-bond donors (Lipinski definition) is 4. The molecule has 1 aliphatic rings. The predicted molar refractivity (Wildman–Crippen MR) is 73.6 cm³/mol. The summed E-state index contributed by atoms with van der Waals surface area (Å²) >= 11 is 0. The average molecular weight is 292 g/mol. The number of carbonyl (C=O) groups is 3. The molecule has 2 rings (SSSR count). The van der Waals surface area contributed by atoms with Crippen LogP contribution >= 0.6 is 0 Å². The molecular weight excluding hydrogens is 276 g/mol. The molecule has 0 aromatic heterocycles. The highest BCUT2D eigenvalue weighted by molar-refractivity contribution is 5.95. The molecule has 0 aliphatic heterocycles. The molecule has 1 aliphatic carbocycles. The lowest BCUT2D eigenvalue weighted by molar-refractivity contribution is -0.147. The summed E-state index contributed by atoms with van der Waals surface area (Å²) in [5.74, 6) is -3.10. The topological polar surface area (TPSA) is 130 Å². The first-order chi connectivity index (χ1) is 9.85. The Morgan fingerprint density at radius 1 is 1.19 bits per heavy atom. The Morgan fingerprint density at radius 3 is 2.19 bits per heavy atom. The normalized spacial score (nSPS) is 16.8. The van der Waals surface area contributed by atoms with Crippen LogP contribution < -0.4 is 11.1 Å². The van der Waals surface area contributed by atoms with Crippen molar-refractivity contribution in [3.63, 3.8) is 0 Å². The van der Waals surface area contributed by atoms with Crippen LogP contribution in [0.1, 0.15) is 24.8 Å². The van der Waals surface area contributed by atoms with E-state index in [1.54, 1.807) is 24.3 Å². The van der Waals surface area contributed by atoms with Gasteiger partial charge in [-0.3, -0.25) is 9.59 Å². The Labute approximate surface area is 120 Å². The summed E-state index contributed by atoms with van der Waals surface area (Å²) in [4.78, 5) is 34.0. The maximum Gasteiger partial charge on any atom is 0.326 e. The van der Waals surface area contributed by atoms with E-state index in [-0.39, 0.29) is 0 Å². The van der Waals surface area contributed by atoms with Crippen LogP contribution in [-0.4, -0.2) is 34.1 Å². The molecule has 0 heterocycles. The van der Waals surface area contributed by atoms with Crippen LogP contribution in [0.5, 0.6) is 0 Å². The van der Waals surface area contributed by atoms with E-state index in [1.165, 1.54) is 0 Å². The van der Waals surface area contributed by atoms with Gasteiger partial charge in [0.25, 0.3) is 0 Å². The van der Waals surface area contributed by atoms with Crippen molar-refractivity contribution in [1.29, 1.82) is 0 Å². The van der Waals surface area contributed by atoms with E-state index in [2.05, 4.69) is 5.32 Å². The summed E-state index contributed by atoms with van der Waals surface area (Å²) in [6.45, 7) is 0. The van der Waals surface area contributed by atoms with Gasteiger partial charge in [-0.1, -0.05) is 12.1 Å².